The van der Waals surface area contributed by atoms with Crippen LogP contribution in [0.4, 0.5) is 4.39 Å². The molecule has 0 bridgehead atoms. The SMILES string of the molecule is O=C(Cc1ccc(F)cc1Cl)c1cccc2cccnc12. The maximum atomic E-state index is 13.0. The van der Waals surface area contributed by atoms with Crippen molar-refractivity contribution < 1.29 is 9.18 Å². The number of nitrogens with zero attached hydrogens (tertiary/aromatic N) is 1. The van der Waals surface area contributed by atoms with Gasteiger partial charge in [-0.25, -0.2) is 4.39 Å². The van der Waals surface area contributed by atoms with Gasteiger partial charge in [-0.15, -0.1) is 0 Å². The highest BCUT2D eigenvalue weighted by molar-refractivity contribution is 6.31. The highest BCUT2D eigenvalue weighted by atomic mass is 35.5. The second-order valence-corrected chi connectivity index (χ2v) is 5.12. The molecule has 0 spiro atoms. The van der Waals surface area contributed by atoms with E-state index in [2.05, 4.69) is 4.98 Å². The van der Waals surface area contributed by atoms with E-state index in [1.54, 1.807) is 12.3 Å². The van der Waals surface area contributed by atoms with Crippen molar-refractivity contribution in [2.75, 3.05) is 0 Å². The summed E-state index contributed by atoms with van der Waals surface area (Å²) in [7, 11) is 0. The number of halogens is 2. The molecule has 4 heteroatoms. The zero-order chi connectivity index (χ0) is 14.8. The van der Waals surface area contributed by atoms with Crippen LogP contribution in [0.2, 0.25) is 5.02 Å². The highest BCUT2D eigenvalue weighted by Gasteiger charge is 2.13. The Hall–Kier alpha value is -2.26. The molecule has 3 rings (SSSR count). The monoisotopic (exact) mass is 299 g/mol. The molecule has 0 radical (unpaired) electrons. The molecular formula is C17H11ClFNO. The van der Waals surface area contributed by atoms with Crippen LogP contribution >= 0.6 is 11.6 Å². The van der Waals surface area contributed by atoms with Gasteiger partial charge in [-0.1, -0.05) is 35.9 Å². The standard InChI is InChI=1S/C17H11ClFNO/c18-15-10-13(19)7-6-12(15)9-16(21)14-5-1-3-11-4-2-8-20-17(11)14/h1-8,10H,9H2. The minimum absolute atomic E-state index is 0.0900. The first-order valence-electron chi connectivity index (χ1n) is 6.46. The predicted molar refractivity (Wildman–Crippen MR) is 81.2 cm³/mol. The summed E-state index contributed by atoms with van der Waals surface area (Å²) in [5.41, 5.74) is 1.83. The normalized spacial score (nSPS) is 10.8. The number of hydrogen-bond acceptors (Lipinski definition) is 2. The van der Waals surface area contributed by atoms with E-state index in [1.165, 1.54) is 18.2 Å². The summed E-state index contributed by atoms with van der Waals surface area (Å²) in [6.07, 6.45) is 1.78. The summed E-state index contributed by atoms with van der Waals surface area (Å²) in [6.45, 7) is 0. The summed E-state index contributed by atoms with van der Waals surface area (Å²) in [4.78, 5) is 16.7. The van der Waals surface area contributed by atoms with E-state index in [0.717, 1.165) is 5.39 Å². The lowest BCUT2D eigenvalue weighted by atomic mass is 10.0. The number of pyridine rings is 1. The number of ketones is 1. The maximum absolute atomic E-state index is 13.0. The van der Waals surface area contributed by atoms with E-state index in [0.29, 0.717) is 16.6 Å². The minimum Gasteiger partial charge on any atom is -0.294 e. The fourth-order valence-corrected chi connectivity index (χ4v) is 2.50. The fraction of sp³-hybridized carbons (Fsp3) is 0.0588. The molecule has 0 atom stereocenters. The molecule has 0 aliphatic rings. The number of carbonyl (C=O) groups is 1. The van der Waals surface area contributed by atoms with Crippen molar-refractivity contribution in [3.05, 3.63) is 76.7 Å². The number of hydrogen-bond donors (Lipinski definition) is 0. The van der Waals surface area contributed by atoms with Crippen molar-refractivity contribution in [1.29, 1.82) is 0 Å². The summed E-state index contributed by atoms with van der Waals surface area (Å²) < 4.78 is 13.0. The summed E-state index contributed by atoms with van der Waals surface area (Å²) >= 11 is 5.97. The van der Waals surface area contributed by atoms with E-state index < -0.39 is 5.82 Å². The van der Waals surface area contributed by atoms with Crippen molar-refractivity contribution in [3.8, 4) is 0 Å². The van der Waals surface area contributed by atoms with Crippen LogP contribution in [-0.2, 0) is 6.42 Å². The summed E-state index contributed by atoms with van der Waals surface area (Å²) in [5.74, 6) is -0.504. The predicted octanol–water partition coefficient (Wildman–Crippen LogP) is 4.45. The molecule has 0 saturated heterocycles. The van der Waals surface area contributed by atoms with Crippen molar-refractivity contribution >= 4 is 28.3 Å². The molecule has 1 aromatic heterocycles. The second kappa shape index (κ2) is 5.62. The Bertz CT molecular complexity index is 827. The van der Waals surface area contributed by atoms with Gasteiger partial charge in [0.15, 0.2) is 5.78 Å². The van der Waals surface area contributed by atoms with Crippen molar-refractivity contribution in [1.82, 2.24) is 4.98 Å². The number of carbonyl (C=O) groups excluding carboxylic acids is 1. The Labute approximate surface area is 126 Å². The van der Waals surface area contributed by atoms with Crippen LogP contribution in [-0.4, -0.2) is 10.8 Å². The molecule has 2 aromatic carbocycles. The Kier molecular flexibility index (Phi) is 3.67. The first kappa shape index (κ1) is 13.7. The number of Topliss-reactive ketones (excluding diaryl/α,β-unsaturated/α-hetero) is 1. The molecule has 0 saturated carbocycles. The van der Waals surface area contributed by atoms with E-state index in [1.807, 2.05) is 24.3 Å². The van der Waals surface area contributed by atoms with Crippen molar-refractivity contribution in [2.45, 2.75) is 6.42 Å². The van der Waals surface area contributed by atoms with Gasteiger partial charge < -0.3 is 0 Å². The minimum atomic E-state index is -0.414. The molecule has 0 aliphatic heterocycles. The third-order valence-corrected chi connectivity index (χ3v) is 3.65. The molecule has 0 aliphatic carbocycles. The van der Waals surface area contributed by atoms with E-state index in [4.69, 9.17) is 11.6 Å². The van der Waals surface area contributed by atoms with Crippen LogP contribution in [0.5, 0.6) is 0 Å². The van der Waals surface area contributed by atoms with E-state index >= 15 is 0 Å². The largest absolute Gasteiger partial charge is 0.294 e. The van der Waals surface area contributed by atoms with E-state index in [-0.39, 0.29) is 17.2 Å². The first-order valence-corrected chi connectivity index (χ1v) is 6.84. The Morgan fingerprint density at radius 1 is 1.14 bits per heavy atom. The molecule has 21 heavy (non-hydrogen) atoms. The van der Waals surface area contributed by atoms with Crippen molar-refractivity contribution in [3.63, 3.8) is 0 Å². The van der Waals surface area contributed by atoms with Gasteiger partial charge in [-0.05, 0) is 29.8 Å². The van der Waals surface area contributed by atoms with Gasteiger partial charge in [0.1, 0.15) is 5.82 Å². The Balaban J connectivity index is 1.97. The summed E-state index contributed by atoms with van der Waals surface area (Å²) in [5, 5.41) is 1.17. The van der Waals surface area contributed by atoms with Crippen LogP contribution in [0.3, 0.4) is 0 Å². The molecular weight excluding hydrogens is 289 g/mol. The Morgan fingerprint density at radius 3 is 2.76 bits per heavy atom. The zero-order valence-electron chi connectivity index (χ0n) is 11.0. The topological polar surface area (TPSA) is 30.0 Å². The van der Waals surface area contributed by atoms with Crippen LogP contribution in [0.15, 0.2) is 54.7 Å². The third kappa shape index (κ3) is 2.78. The third-order valence-electron chi connectivity index (χ3n) is 3.30. The van der Waals surface area contributed by atoms with Gasteiger partial charge in [0.25, 0.3) is 0 Å². The summed E-state index contributed by atoms with van der Waals surface area (Å²) in [6, 6.07) is 13.3. The number of para-hydroxylation sites is 1. The molecule has 1 heterocycles. The molecule has 2 nitrogen and oxygen atoms in total. The molecule has 0 fully saturated rings. The lowest BCUT2D eigenvalue weighted by Crippen LogP contribution is -2.05. The molecule has 0 N–H and O–H groups in total. The molecule has 0 amide bonds. The van der Waals surface area contributed by atoms with E-state index in [9.17, 15) is 9.18 Å². The maximum Gasteiger partial charge on any atom is 0.169 e. The van der Waals surface area contributed by atoms with Gasteiger partial charge in [-0.3, -0.25) is 9.78 Å². The quantitative estimate of drug-likeness (QED) is 0.669. The lowest BCUT2D eigenvalue weighted by Gasteiger charge is -2.06. The molecule has 104 valence electrons. The number of aromatic nitrogens is 1. The molecule has 3 aromatic rings. The smallest absolute Gasteiger partial charge is 0.169 e. The first-order chi connectivity index (χ1) is 10.1. The van der Waals surface area contributed by atoms with Gasteiger partial charge in [0.2, 0.25) is 0 Å². The average molecular weight is 300 g/mol. The highest BCUT2D eigenvalue weighted by Crippen LogP contribution is 2.22. The number of fused-ring (bicyclic) bond motifs is 1. The van der Waals surface area contributed by atoms with Crippen LogP contribution in [0.1, 0.15) is 15.9 Å². The number of rotatable bonds is 3. The zero-order valence-corrected chi connectivity index (χ0v) is 11.8. The van der Waals surface area contributed by atoms with Crippen molar-refractivity contribution in [2.24, 2.45) is 0 Å². The second-order valence-electron chi connectivity index (χ2n) is 4.72. The number of benzene rings is 2. The van der Waals surface area contributed by atoms with Gasteiger partial charge in [-0.2, -0.15) is 0 Å². The van der Waals surface area contributed by atoms with Gasteiger partial charge in [0.05, 0.1) is 5.52 Å². The molecule has 0 unspecified atom stereocenters. The average Bonchev–Trinajstić information content (AvgIpc) is 2.49. The van der Waals surface area contributed by atoms with Gasteiger partial charge in [0, 0.05) is 28.6 Å². The van der Waals surface area contributed by atoms with Crippen LogP contribution in [0, 0.1) is 5.82 Å². The van der Waals surface area contributed by atoms with Gasteiger partial charge >= 0.3 is 0 Å². The van der Waals surface area contributed by atoms with Crippen LogP contribution < -0.4 is 0 Å². The Morgan fingerprint density at radius 2 is 1.95 bits per heavy atom. The fourth-order valence-electron chi connectivity index (χ4n) is 2.26. The van der Waals surface area contributed by atoms with Crippen LogP contribution in [0.25, 0.3) is 10.9 Å². The lowest BCUT2D eigenvalue weighted by molar-refractivity contribution is 0.0994.